The predicted octanol–water partition coefficient (Wildman–Crippen LogP) is 6.16. The molecule has 36 heavy (non-hydrogen) atoms. The van der Waals surface area contributed by atoms with E-state index < -0.39 is 11.7 Å². The molecule has 1 aromatic heterocycles. The number of hydrogen-bond donors (Lipinski definition) is 1. The quantitative estimate of drug-likeness (QED) is 0.243. The topological polar surface area (TPSA) is 56.2 Å². The van der Waals surface area contributed by atoms with Crippen LogP contribution in [0.5, 0.6) is 5.75 Å². The number of nitrogens with zero attached hydrogens (tertiary/aromatic N) is 2. The maximum atomic E-state index is 13.8. The summed E-state index contributed by atoms with van der Waals surface area (Å²) in [4.78, 5) is 17.1. The van der Waals surface area contributed by atoms with Crippen molar-refractivity contribution in [2.45, 2.75) is 25.8 Å². The molecule has 182 valence electrons. The van der Waals surface area contributed by atoms with Crippen molar-refractivity contribution in [1.29, 1.82) is 0 Å². The second kappa shape index (κ2) is 11.0. The Kier molecular flexibility index (Phi) is 7.22. The number of ether oxygens (including phenoxy) is 1. The molecule has 0 bridgehead atoms. The third kappa shape index (κ3) is 5.23. The standard InChI is InChI=1S/C30H28FN3O2/c31-25-14-4-3-13-24(25)30(35)32-19-8-18-29-33-26-15-5-6-16-27(26)34(29)20-9-21-36-28-17-7-11-22-10-1-2-12-23(22)28/h1-7,10-17H,8-9,18-21H2,(H,32,35). The van der Waals surface area contributed by atoms with E-state index in [2.05, 4.69) is 34.1 Å². The number of imidazole rings is 1. The van der Waals surface area contributed by atoms with Gasteiger partial charge in [-0.2, -0.15) is 0 Å². The molecule has 0 aliphatic carbocycles. The summed E-state index contributed by atoms with van der Waals surface area (Å²) >= 11 is 0. The summed E-state index contributed by atoms with van der Waals surface area (Å²) in [5.74, 6) is 0.964. The van der Waals surface area contributed by atoms with Crippen LogP contribution in [0, 0.1) is 5.82 Å². The molecule has 0 aliphatic rings. The summed E-state index contributed by atoms with van der Waals surface area (Å²) in [5, 5.41) is 5.10. The molecule has 5 aromatic rings. The zero-order chi connectivity index (χ0) is 24.7. The molecule has 0 radical (unpaired) electrons. The van der Waals surface area contributed by atoms with Gasteiger partial charge in [-0.05, 0) is 48.6 Å². The number of aryl methyl sites for hydroxylation is 2. The number of aromatic nitrogens is 2. The lowest BCUT2D eigenvalue weighted by molar-refractivity contribution is 0.0949. The molecule has 5 rings (SSSR count). The van der Waals surface area contributed by atoms with Gasteiger partial charge in [-0.3, -0.25) is 4.79 Å². The van der Waals surface area contributed by atoms with Crippen molar-refractivity contribution in [2.75, 3.05) is 13.2 Å². The molecule has 0 aliphatic heterocycles. The summed E-state index contributed by atoms with van der Waals surface area (Å²) in [6.07, 6.45) is 2.24. The fourth-order valence-electron chi connectivity index (χ4n) is 4.48. The smallest absolute Gasteiger partial charge is 0.254 e. The van der Waals surface area contributed by atoms with Crippen molar-refractivity contribution in [1.82, 2.24) is 14.9 Å². The first kappa shape index (κ1) is 23.5. The molecular weight excluding hydrogens is 453 g/mol. The van der Waals surface area contributed by atoms with E-state index in [1.165, 1.54) is 17.5 Å². The van der Waals surface area contributed by atoms with Crippen LogP contribution >= 0.6 is 0 Å². The van der Waals surface area contributed by atoms with Gasteiger partial charge in [-0.1, -0.05) is 60.7 Å². The Morgan fingerprint density at radius 2 is 1.67 bits per heavy atom. The van der Waals surface area contributed by atoms with Crippen molar-refractivity contribution >= 4 is 27.7 Å². The maximum absolute atomic E-state index is 13.8. The number of rotatable bonds is 10. The first-order valence-corrected chi connectivity index (χ1v) is 12.3. The molecular formula is C30H28FN3O2. The van der Waals surface area contributed by atoms with Gasteiger partial charge in [-0.15, -0.1) is 0 Å². The van der Waals surface area contributed by atoms with Gasteiger partial charge in [0.05, 0.1) is 23.2 Å². The van der Waals surface area contributed by atoms with Gasteiger partial charge in [0.2, 0.25) is 0 Å². The minimum atomic E-state index is -0.512. The lowest BCUT2D eigenvalue weighted by Gasteiger charge is -2.12. The minimum Gasteiger partial charge on any atom is -0.493 e. The molecule has 1 amide bonds. The van der Waals surface area contributed by atoms with E-state index in [-0.39, 0.29) is 5.56 Å². The van der Waals surface area contributed by atoms with Gasteiger partial charge in [0.25, 0.3) is 5.91 Å². The van der Waals surface area contributed by atoms with Crippen LogP contribution in [0.15, 0.2) is 91.0 Å². The lowest BCUT2D eigenvalue weighted by atomic mass is 10.1. The third-order valence-electron chi connectivity index (χ3n) is 6.25. The zero-order valence-electron chi connectivity index (χ0n) is 20.0. The fourth-order valence-corrected chi connectivity index (χ4v) is 4.48. The predicted molar refractivity (Wildman–Crippen MR) is 141 cm³/mol. The summed E-state index contributed by atoms with van der Waals surface area (Å²) in [5.41, 5.74) is 2.11. The van der Waals surface area contributed by atoms with E-state index in [0.29, 0.717) is 26.0 Å². The number of para-hydroxylation sites is 2. The second-order valence-electron chi connectivity index (χ2n) is 8.69. The summed E-state index contributed by atoms with van der Waals surface area (Å²) in [6, 6.07) is 28.5. The normalized spacial score (nSPS) is 11.1. The van der Waals surface area contributed by atoms with Gasteiger partial charge in [-0.25, -0.2) is 9.37 Å². The highest BCUT2D eigenvalue weighted by Gasteiger charge is 2.12. The van der Waals surface area contributed by atoms with Crippen LogP contribution in [-0.4, -0.2) is 28.6 Å². The van der Waals surface area contributed by atoms with Crippen molar-refractivity contribution < 1.29 is 13.9 Å². The van der Waals surface area contributed by atoms with Crippen molar-refractivity contribution in [3.8, 4) is 5.75 Å². The van der Waals surface area contributed by atoms with Crippen LogP contribution in [0.2, 0.25) is 0 Å². The number of halogens is 1. The van der Waals surface area contributed by atoms with Gasteiger partial charge < -0.3 is 14.6 Å². The van der Waals surface area contributed by atoms with Crippen LogP contribution in [0.1, 0.15) is 29.0 Å². The molecule has 0 atom stereocenters. The van der Waals surface area contributed by atoms with Gasteiger partial charge >= 0.3 is 0 Å². The van der Waals surface area contributed by atoms with Crippen LogP contribution < -0.4 is 10.1 Å². The van der Waals surface area contributed by atoms with Crippen molar-refractivity contribution in [2.24, 2.45) is 0 Å². The molecule has 6 heteroatoms. The van der Waals surface area contributed by atoms with E-state index in [4.69, 9.17) is 9.72 Å². The molecule has 1 N–H and O–H groups in total. The number of hydrogen-bond acceptors (Lipinski definition) is 3. The Balaban J connectivity index is 1.19. The monoisotopic (exact) mass is 481 g/mol. The van der Waals surface area contributed by atoms with Gasteiger partial charge in [0, 0.05) is 24.9 Å². The van der Waals surface area contributed by atoms with E-state index in [1.807, 2.05) is 42.5 Å². The maximum Gasteiger partial charge on any atom is 0.254 e. The van der Waals surface area contributed by atoms with E-state index >= 15 is 0 Å². The number of amides is 1. The number of benzene rings is 4. The highest BCUT2D eigenvalue weighted by Crippen LogP contribution is 2.25. The Morgan fingerprint density at radius 1 is 0.889 bits per heavy atom. The molecule has 0 saturated heterocycles. The lowest BCUT2D eigenvalue weighted by Crippen LogP contribution is -2.25. The molecule has 1 heterocycles. The molecule has 4 aromatic carbocycles. The molecule has 0 unspecified atom stereocenters. The molecule has 5 nitrogen and oxygen atoms in total. The first-order valence-electron chi connectivity index (χ1n) is 12.3. The third-order valence-corrected chi connectivity index (χ3v) is 6.25. The molecule has 0 spiro atoms. The Bertz CT molecular complexity index is 1490. The molecule has 0 saturated carbocycles. The minimum absolute atomic E-state index is 0.0657. The van der Waals surface area contributed by atoms with E-state index in [0.717, 1.165) is 41.0 Å². The summed E-state index contributed by atoms with van der Waals surface area (Å²) in [7, 11) is 0. The SMILES string of the molecule is O=C(NCCCc1nc2ccccc2n1CCCOc1cccc2ccccc12)c1ccccc1F. The van der Waals surface area contributed by atoms with Crippen molar-refractivity contribution in [3.63, 3.8) is 0 Å². The van der Waals surface area contributed by atoms with Crippen LogP contribution in [0.4, 0.5) is 4.39 Å². The first-order chi connectivity index (χ1) is 17.7. The Morgan fingerprint density at radius 3 is 2.58 bits per heavy atom. The number of fused-ring (bicyclic) bond motifs is 2. The summed E-state index contributed by atoms with van der Waals surface area (Å²) in [6.45, 7) is 1.82. The van der Waals surface area contributed by atoms with Crippen LogP contribution in [0.3, 0.4) is 0 Å². The van der Waals surface area contributed by atoms with Gasteiger partial charge in [0.15, 0.2) is 0 Å². The van der Waals surface area contributed by atoms with E-state index in [9.17, 15) is 9.18 Å². The van der Waals surface area contributed by atoms with Crippen LogP contribution in [-0.2, 0) is 13.0 Å². The highest BCUT2D eigenvalue weighted by atomic mass is 19.1. The number of nitrogens with one attached hydrogen (secondary N) is 1. The number of carbonyl (C=O) groups is 1. The van der Waals surface area contributed by atoms with Crippen LogP contribution in [0.25, 0.3) is 21.8 Å². The van der Waals surface area contributed by atoms with E-state index in [1.54, 1.807) is 12.1 Å². The average molecular weight is 482 g/mol. The highest BCUT2D eigenvalue weighted by molar-refractivity contribution is 5.94. The largest absolute Gasteiger partial charge is 0.493 e. The fraction of sp³-hybridized carbons (Fsp3) is 0.200. The summed E-state index contributed by atoms with van der Waals surface area (Å²) < 4.78 is 22.2. The average Bonchev–Trinajstić information content (AvgIpc) is 3.26. The Labute approximate surface area is 209 Å². The Hall–Kier alpha value is -4.19. The van der Waals surface area contributed by atoms with Gasteiger partial charge in [0.1, 0.15) is 17.4 Å². The zero-order valence-corrected chi connectivity index (χ0v) is 20.0. The molecule has 0 fully saturated rings. The second-order valence-corrected chi connectivity index (χ2v) is 8.69. The number of carbonyl (C=O) groups excluding carboxylic acids is 1. The van der Waals surface area contributed by atoms with Crippen molar-refractivity contribution in [3.05, 3.63) is 108 Å².